The molecule has 1 atom stereocenters. The van der Waals surface area contributed by atoms with Crippen LogP contribution in [-0.4, -0.2) is 17.8 Å². The second kappa shape index (κ2) is 5.86. The Hall–Kier alpha value is -2.17. The summed E-state index contributed by atoms with van der Waals surface area (Å²) in [5, 5.41) is 2.53. The Balaban J connectivity index is 1.99. The Labute approximate surface area is 116 Å². The van der Waals surface area contributed by atoms with Crippen LogP contribution in [0.3, 0.4) is 0 Å². The second-order valence-electron chi connectivity index (χ2n) is 5.05. The van der Waals surface area contributed by atoms with Gasteiger partial charge in [-0.2, -0.15) is 0 Å². The van der Waals surface area contributed by atoms with Crippen molar-refractivity contribution < 1.29 is 18.7 Å². The molecule has 1 amide bonds. The molecule has 1 N–H and O–H groups in total. The predicted octanol–water partition coefficient (Wildman–Crippen LogP) is 1.95. The van der Waals surface area contributed by atoms with Gasteiger partial charge in [-0.1, -0.05) is 26.0 Å². The first-order chi connectivity index (χ1) is 9.45. The van der Waals surface area contributed by atoms with Gasteiger partial charge in [-0.05, 0) is 23.6 Å². The molecule has 106 valence electrons. The molecule has 0 spiro atoms. The van der Waals surface area contributed by atoms with Gasteiger partial charge in [-0.3, -0.25) is 14.9 Å². The van der Waals surface area contributed by atoms with Gasteiger partial charge in [0.2, 0.25) is 0 Å². The zero-order valence-electron chi connectivity index (χ0n) is 11.4. The average Bonchev–Trinajstić information content (AvgIpc) is 2.73. The van der Waals surface area contributed by atoms with Crippen molar-refractivity contribution in [3.05, 3.63) is 47.6 Å². The Morgan fingerprint density at radius 3 is 2.60 bits per heavy atom. The summed E-state index contributed by atoms with van der Waals surface area (Å²) in [5.41, 5.74) is 0.706. The molecule has 2 rings (SSSR count). The minimum atomic E-state index is -0.556. The topological polar surface area (TPSA) is 55.4 Å². The summed E-state index contributed by atoms with van der Waals surface area (Å²) in [5.74, 6) is -0.572. The van der Waals surface area contributed by atoms with Crippen molar-refractivity contribution in [1.82, 2.24) is 5.32 Å². The molecule has 0 aromatic heterocycles. The number of carbonyl (C=O) groups is 2. The summed E-state index contributed by atoms with van der Waals surface area (Å²) < 4.78 is 18.1. The van der Waals surface area contributed by atoms with Gasteiger partial charge in [-0.25, -0.2) is 4.39 Å². The lowest BCUT2D eigenvalue weighted by Crippen LogP contribution is -2.27. The number of ether oxygens (including phenoxy) is 1. The van der Waals surface area contributed by atoms with Gasteiger partial charge < -0.3 is 4.74 Å². The van der Waals surface area contributed by atoms with Gasteiger partial charge in [0, 0.05) is 12.5 Å². The van der Waals surface area contributed by atoms with Gasteiger partial charge in [0.05, 0.1) is 0 Å². The Morgan fingerprint density at radius 2 is 2.05 bits per heavy atom. The van der Waals surface area contributed by atoms with Crippen molar-refractivity contribution >= 4 is 11.7 Å². The van der Waals surface area contributed by atoms with Crippen LogP contribution in [0, 0.1) is 11.7 Å². The monoisotopic (exact) mass is 277 g/mol. The van der Waals surface area contributed by atoms with Gasteiger partial charge in [-0.15, -0.1) is 0 Å². The van der Waals surface area contributed by atoms with Crippen molar-refractivity contribution in [2.45, 2.75) is 26.4 Å². The van der Waals surface area contributed by atoms with Gasteiger partial charge >= 0.3 is 0 Å². The van der Waals surface area contributed by atoms with Crippen LogP contribution < -0.4 is 5.32 Å². The molecule has 1 aromatic carbocycles. The van der Waals surface area contributed by atoms with E-state index in [1.807, 2.05) is 13.8 Å². The molecule has 1 heterocycles. The lowest BCUT2D eigenvalue weighted by atomic mass is 10.1. The fourth-order valence-corrected chi connectivity index (χ4v) is 1.92. The normalized spacial score (nSPS) is 20.1. The molecular weight excluding hydrogens is 261 g/mol. The van der Waals surface area contributed by atoms with E-state index in [1.165, 1.54) is 18.2 Å². The van der Waals surface area contributed by atoms with Crippen LogP contribution in [0.2, 0.25) is 0 Å². The highest BCUT2D eigenvalue weighted by Gasteiger charge is 2.32. The van der Waals surface area contributed by atoms with Crippen LogP contribution in [0.4, 0.5) is 4.39 Å². The summed E-state index contributed by atoms with van der Waals surface area (Å²) in [6.45, 7) is 3.74. The van der Waals surface area contributed by atoms with E-state index in [1.54, 1.807) is 12.1 Å². The SMILES string of the molecule is CC(C)[C@@H]1O/C(=C/C(=O)Cc2ccc(F)cc2)NC1=O. The van der Waals surface area contributed by atoms with E-state index in [0.29, 0.717) is 5.56 Å². The van der Waals surface area contributed by atoms with Crippen LogP contribution in [0.5, 0.6) is 0 Å². The van der Waals surface area contributed by atoms with Gasteiger partial charge in [0.25, 0.3) is 5.91 Å². The van der Waals surface area contributed by atoms with Crippen LogP contribution in [0.15, 0.2) is 36.2 Å². The number of hydrogen-bond donors (Lipinski definition) is 1. The van der Waals surface area contributed by atoms with E-state index in [0.717, 1.165) is 0 Å². The van der Waals surface area contributed by atoms with Crippen LogP contribution in [-0.2, 0) is 20.7 Å². The molecule has 1 aromatic rings. The first-order valence-corrected chi connectivity index (χ1v) is 6.42. The van der Waals surface area contributed by atoms with Crippen molar-refractivity contribution in [3.63, 3.8) is 0 Å². The number of hydrogen-bond acceptors (Lipinski definition) is 3. The highest BCUT2D eigenvalue weighted by molar-refractivity contribution is 5.93. The van der Waals surface area contributed by atoms with Crippen molar-refractivity contribution in [2.24, 2.45) is 5.92 Å². The smallest absolute Gasteiger partial charge is 0.268 e. The summed E-state index contributed by atoms with van der Waals surface area (Å²) in [6.07, 6.45) is 0.846. The van der Waals surface area contributed by atoms with E-state index in [9.17, 15) is 14.0 Å². The van der Waals surface area contributed by atoms with Crippen molar-refractivity contribution in [1.29, 1.82) is 0 Å². The molecule has 1 saturated heterocycles. The maximum atomic E-state index is 12.7. The second-order valence-corrected chi connectivity index (χ2v) is 5.05. The maximum absolute atomic E-state index is 12.7. The molecule has 1 fully saturated rings. The maximum Gasteiger partial charge on any atom is 0.268 e. The van der Waals surface area contributed by atoms with E-state index >= 15 is 0 Å². The summed E-state index contributed by atoms with van der Waals surface area (Å²) in [4.78, 5) is 23.4. The highest BCUT2D eigenvalue weighted by atomic mass is 19.1. The fraction of sp³-hybridized carbons (Fsp3) is 0.333. The van der Waals surface area contributed by atoms with Gasteiger partial charge in [0.15, 0.2) is 17.8 Å². The third-order valence-corrected chi connectivity index (χ3v) is 2.95. The third-order valence-electron chi connectivity index (χ3n) is 2.95. The Kier molecular flexibility index (Phi) is 4.17. The third kappa shape index (κ3) is 3.44. The number of nitrogens with one attached hydrogen (secondary N) is 1. The first kappa shape index (κ1) is 14.2. The number of allylic oxidation sites excluding steroid dienone is 1. The van der Waals surface area contributed by atoms with Crippen LogP contribution >= 0.6 is 0 Å². The lowest BCUT2D eigenvalue weighted by Gasteiger charge is -2.10. The number of halogens is 1. The lowest BCUT2D eigenvalue weighted by molar-refractivity contribution is -0.125. The standard InChI is InChI=1S/C15H16FNO3/c1-9(2)14-15(19)17-13(20-14)8-12(18)7-10-3-5-11(16)6-4-10/h3-6,8-9,14H,7H2,1-2H3,(H,17,19)/b13-8+/t14-/m0/s1. The van der Waals surface area contributed by atoms with Crippen molar-refractivity contribution in [2.75, 3.05) is 0 Å². The molecule has 0 bridgehead atoms. The van der Waals surface area contributed by atoms with Crippen molar-refractivity contribution in [3.8, 4) is 0 Å². The molecule has 4 nitrogen and oxygen atoms in total. The molecule has 1 aliphatic rings. The Morgan fingerprint density at radius 1 is 1.40 bits per heavy atom. The van der Waals surface area contributed by atoms with Gasteiger partial charge in [0.1, 0.15) is 5.82 Å². The van der Waals surface area contributed by atoms with E-state index in [4.69, 9.17) is 4.74 Å². The molecule has 5 heteroatoms. The van der Waals surface area contributed by atoms with E-state index in [2.05, 4.69) is 5.32 Å². The Bertz CT molecular complexity index is 549. The molecule has 1 aliphatic heterocycles. The zero-order valence-corrected chi connectivity index (χ0v) is 11.4. The van der Waals surface area contributed by atoms with Crippen LogP contribution in [0.1, 0.15) is 19.4 Å². The number of ketones is 1. The summed E-state index contributed by atoms with van der Waals surface area (Å²) >= 11 is 0. The predicted molar refractivity (Wildman–Crippen MR) is 71.0 cm³/mol. The first-order valence-electron chi connectivity index (χ1n) is 6.42. The number of carbonyl (C=O) groups excluding carboxylic acids is 2. The minimum Gasteiger partial charge on any atom is -0.465 e. The number of amides is 1. The molecular formula is C15H16FNO3. The zero-order chi connectivity index (χ0) is 14.7. The molecule has 0 unspecified atom stereocenters. The highest BCUT2D eigenvalue weighted by Crippen LogP contribution is 2.17. The van der Waals surface area contributed by atoms with E-state index in [-0.39, 0.29) is 35.7 Å². The van der Waals surface area contributed by atoms with Crippen LogP contribution in [0.25, 0.3) is 0 Å². The minimum absolute atomic E-state index is 0.0353. The molecule has 0 saturated carbocycles. The summed E-state index contributed by atoms with van der Waals surface area (Å²) in [7, 11) is 0. The molecule has 0 radical (unpaired) electrons. The molecule has 20 heavy (non-hydrogen) atoms. The number of benzene rings is 1. The fourth-order valence-electron chi connectivity index (χ4n) is 1.92. The number of rotatable bonds is 4. The van der Waals surface area contributed by atoms with E-state index < -0.39 is 6.10 Å². The largest absolute Gasteiger partial charge is 0.465 e. The molecule has 0 aliphatic carbocycles. The summed E-state index contributed by atoms with van der Waals surface area (Å²) in [6, 6.07) is 5.71. The quantitative estimate of drug-likeness (QED) is 0.856. The average molecular weight is 277 g/mol.